The lowest BCUT2D eigenvalue weighted by atomic mass is 10.0. The van der Waals surface area contributed by atoms with Gasteiger partial charge in [-0.25, -0.2) is 4.68 Å². The number of hydrogen-bond donors (Lipinski definition) is 0. The summed E-state index contributed by atoms with van der Waals surface area (Å²) in [5.41, 5.74) is 2.76. The monoisotopic (exact) mass is 328 g/mol. The normalized spacial score (nSPS) is 16.5. The summed E-state index contributed by atoms with van der Waals surface area (Å²) in [4.78, 5) is 14.5. The van der Waals surface area contributed by atoms with Gasteiger partial charge >= 0.3 is 0 Å². The molecule has 6 heteroatoms. The number of carbonyl (C=O) groups excluding carboxylic acids is 1. The van der Waals surface area contributed by atoms with Crippen molar-refractivity contribution in [3.63, 3.8) is 0 Å². The predicted molar refractivity (Wildman–Crippen MR) is 91.2 cm³/mol. The molecule has 1 fully saturated rings. The van der Waals surface area contributed by atoms with Crippen LogP contribution >= 0.6 is 0 Å². The molecular formula is C18H24N4O2. The molecule has 1 saturated heterocycles. The molecule has 0 unspecified atom stereocenters. The van der Waals surface area contributed by atoms with Crippen molar-refractivity contribution in [1.29, 1.82) is 0 Å². The molecule has 0 atom stereocenters. The maximum absolute atomic E-state index is 12.5. The van der Waals surface area contributed by atoms with Crippen LogP contribution in [0.4, 0.5) is 0 Å². The number of rotatable bonds is 5. The molecule has 0 radical (unpaired) electrons. The minimum Gasteiger partial charge on any atom is -0.380 e. The number of nitrogens with zero attached hydrogens (tertiary/aromatic N) is 4. The Morgan fingerprint density at radius 3 is 2.92 bits per heavy atom. The zero-order valence-electron chi connectivity index (χ0n) is 14.5. The Hall–Kier alpha value is -2.21. The zero-order chi connectivity index (χ0) is 17.2. The maximum Gasteiger partial charge on any atom is 0.244 e. The van der Waals surface area contributed by atoms with E-state index in [4.69, 9.17) is 4.74 Å². The van der Waals surface area contributed by atoms with E-state index >= 15 is 0 Å². The molecule has 128 valence electrons. The second kappa shape index (κ2) is 6.73. The van der Waals surface area contributed by atoms with Gasteiger partial charge in [0.25, 0.3) is 0 Å². The van der Waals surface area contributed by atoms with Crippen LogP contribution in [0.1, 0.15) is 32.3 Å². The van der Waals surface area contributed by atoms with Gasteiger partial charge in [0.05, 0.1) is 12.8 Å². The highest BCUT2D eigenvalue weighted by Crippen LogP contribution is 2.28. The maximum atomic E-state index is 12.5. The summed E-state index contributed by atoms with van der Waals surface area (Å²) in [5.74, 6) is 0.0992. The van der Waals surface area contributed by atoms with Crippen LogP contribution in [0.2, 0.25) is 0 Å². The van der Waals surface area contributed by atoms with Crippen LogP contribution in [0.15, 0.2) is 30.5 Å². The lowest BCUT2D eigenvalue weighted by Crippen LogP contribution is -2.44. The van der Waals surface area contributed by atoms with Gasteiger partial charge in [-0.2, -0.15) is 0 Å². The quantitative estimate of drug-likeness (QED) is 0.846. The van der Waals surface area contributed by atoms with Crippen molar-refractivity contribution in [2.45, 2.75) is 45.4 Å². The first-order valence-corrected chi connectivity index (χ1v) is 8.28. The van der Waals surface area contributed by atoms with E-state index in [2.05, 4.69) is 24.2 Å². The van der Waals surface area contributed by atoms with Crippen molar-refractivity contribution >= 4 is 5.91 Å². The van der Waals surface area contributed by atoms with Crippen LogP contribution < -0.4 is 0 Å². The van der Waals surface area contributed by atoms with Gasteiger partial charge < -0.3 is 9.64 Å². The molecule has 0 N–H and O–H groups in total. The third-order valence-electron chi connectivity index (χ3n) is 4.57. The summed E-state index contributed by atoms with van der Waals surface area (Å²) >= 11 is 0. The Bertz CT molecular complexity index is 723. The highest BCUT2D eigenvalue weighted by atomic mass is 16.5. The third kappa shape index (κ3) is 3.48. The van der Waals surface area contributed by atoms with Crippen molar-refractivity contribution in [3.05, 3.63) is 36.0 Å². The van der Waals surface area contributed by atoms with Gasteiger partial charge in [-0.05, 0) is 38.3 Å². The van der Waals surface area contributed by atoms with Crippen LogP contribution in [0.3, 0.4) is 0 Å². The molecule has 24 heavy (non-hydrogen) atoms. The number of methoxy groups -OCH3 is 1. The summed E-state index contributed by atoms with van der Waals surface area (Å²) in [6.07, 6.45) is 3.94. The second-order valence-electron chi connectivity index (χ2n) is 6.90. The molecule has 2 heterocycles. The van der Waals surface area contributed by atoms with Gasteiger partial charge in [0, 0.05) is 24.8 Å². The van der Waals surface area contributed by atoms with E-state index < -0.39 is 0 Å². The van der Waals surface area contributed by atoms with Crippen LogP contribution in [-0.2, 0) is 22.7 Å². The van der Waals surface area contributed by atoms with Crippen molar-refractivity contribution in [3.8, 4) is 11.3 Å². The van der Waals surface area contributed by atoms with Crippen LogP contribution in [-0.4, -0.2) is 45.0 Å². The van der Waals surface area contributed by atoms with Crippen molar-refractivity contribution in [2.24, 2.45) is 0 Å². The second-order valence-corrected chi connectivity index (χ2v) is 6.90. The third-order valence-corrected chi connectivity index (χ3v) is 4.57. The van der Waals surface area contributed by atoms with E-state index in [1.165, 1.54) is 0 Å². The molecule has 2 aromatic rings. The van der Waals surface area contributed by atoms with Crippen LogP contribution in [0.25, 0.3) is 11.3 Å². The molecule has 1 aromatic heterocycles. The highest BCUT2D eigenvalue weighted by Gasteiger charge is 2.35. The summed E-state index contributed by atoms with van der Waals surface area (Å²) in [7, 11) is 1.68. The van der Waals surface area contributed by atoms with Gasteiger partial charge in [-0.3, -0.25) is 4.79 Å². The number of ether oxygens (including phenoxy) is 1. The van der Waals surface area contributed by atoms with E-state index in [0.29, 0.717) is 6.61 Å². The fourth-order valence-electron chi connectivity index (χ4n) is 3.29. The fraction of sp³-hybridized carbons (Fsp3) is 0.500. The Balaban J connectivity index is 1.72. The number of aromatic nitrogens is 3. The first kappa shape index (κ1) is 16.6. The number of amides is 1. The van der Waals surface area contributed by atoms with Crippen LogP contribution in [0, 0.1) is 0 Å². The van der Waals surface area contributed by atoms with Gasteiger partial charge in [-0.15, -0.1) is 5.10 Å². The first-order chi connectivity index (χ1) is 11.5. The molecule has 1 aromatic carbocycles. The molecule has 0 aliphatic carbocycles. The molecule has 0 spiro atoms. The molecule has 1 amide bonds. The van der Waals surface area contributed by atoms with Crippen molar-refractivity contribution in [2.75, 3.05) is 13.7 Å². The molecule has 3 rings (SSSR count). The average Bonchev–Trinajstić information content (AvgIpc) is 3.14. The lowest BCUT2D eigenvalue weighted by molar-refractivity contribution is -0.135. The summed E-state index contributed by atoms with van der Waals surface area (Å²) in [6.45, 7) is 5.85. The predicted octanol–water partition coefficient (Wildman–Crippen LogP) is 2.49. The van der Waals surface area contributed by atoms with Crippen molar-refractivity contribution in [1.82, 2.24) is 19.9 Å². The highest BCUT2D eigenvalue weighted by molar-refractivity contribution is 5.77. The fourth-order valence-corrected chi connectivity index (χ4v) is 3.29. The van der Waals surface area contributed by atoms with Gasteiger partial charge in [0.2, 0.25) is 5.91 Å². The minimum absolute atomic E-state index is 0.0605. The van der Waals surface area contributed by atoms with E-state index in [-0.39, 0.29) is 18.0 Å². The summed E-state index contributed by atoms with van der Waals surface area (Å²) in [5, 5.41) is 8.32. The molecule has 0 saturated carbocycles. The van der Waals surface area contributed by atoms with Gasteiger partial charge in [-0.1, -0.05) is 23.4 Å². The SMILES string of the molecule is COCc1cccc(-c2cn(CC(=O)N3CCCC3(C)C)nn2)c1. The summed E-state index contributed by atoms with van der Waals surface area (Å²) < 4.78 is 6.78. The average molecular weight is 328 g/mol. The van der Waals surface area contributed by atoms with Crippen LogP contribution in [0.5, 0.6) is 0 Å². The largest absolute Gasteiger partial charge is 0.380 e. The standard InChI is InChI=1S/C18H24N4O2/c1-18(2)8-5-9-22(18)17(23)12-21-11-16(19-20-21)15-7-4-6-14(10-15)13-24-3/h4,6-7,10-11H,5,8-9,12-13H2,1-3H3. The van der Waals surface area contributed by atoms with E-state index in [0.717, 1.165) is 36.2 Å². The van der Waals surface area contributed by atoms with E-state index in [1.807, 2.05) is 35.4 Å². The number of hydrogen-bond acceptors (Lipinski definition) is 4. The molecule has 1 aliphatic heterocycles. The molecule has 1 aliphatic rings. The van der Waals surface area contributed by atoms with Gasteiger partial charge in [0.1, 0.15) is 12.2 Å². The Labute approximate surface area is 142 Å². The molecule has 6 nitrogen and oxygen atoms in total. The number of likely N-dealkylation sites (tertiary alicyclic amines) is 1. The Kier molecular flexibility index (Phi) is 4.66. The number of benzene rings is 1. The molecular weight excluding hydrogens is 304 g/mol. The van der Waals surface area contributed by atoms with Gasteiger partial charge in [0.15, 0.2) is 0 Å². The molecule has 0 bridgehead atoms. The first-order valence-electron chi connectivity index (χ1n) is 8.28. The zero-order valence-corrected chi connectivity index (χ0v) is 14.5. The van der Waals surface area contributed by atoms with E-state index in [1.54, 1.807) is 11.8 Å². The van der Waals surface area contributed by atoms with Crippen molar-refractivity contribution < 1.29 is 9.53 Å². The summed E-state index contributed by atoms with van der Waals surface area (Å²) in [6, 6.07) is 8.00. The topological polar surface area (TPSA) is 60.2 Å². The smallest absolute Gasteiger partial charge is 0.244 e. The van der Waals surface area contributed by atoms with E-state index in [9.17, 15) is 4.79 Å². The number of carbonyl (C=O) groups is 1. The Morgan fingerprint density at radius 1 is 1.38 bits per heavy atom. The Morgan fingerprint density at radius 2 is 2.21 bits per heavy atom. The minimum atomic E-state index is -0.0605. The lowest BCUT2D eigenvalue weighted by Gasteiger charge is -2.31.